The summed E-state index contributed by atoms with van der Waals surface area (Å²) in [5, 5.41) is 20.6. The number of rotatable bonds is 2. The van der Waals surface area contributed by atoms with Crippen LogP contribution in [0.15, 0.2) is 35.4 Å². The van der Waals surface area contributed by atoms with Crippen LogP contribution in [-0.4, -0.2) is 33.1 Å². The minimum absolute atomic E-state index is 0.0195. The molecule has 10 nitrogen and oxygen atoms in total. The molecule has 0 saturated carbocycles. The summed E-state index contributed by atoms with van der Waals surface area (Å²) in [6.07, 6.45) is 2.93. The number of aromatic nitrogens is 2. The molecule has 0 spiro atoms. The second kappa shape index (κ2) is 10.5. The average molecular weight is 689 g/mol. The zero-order valence-corrected chi connectivity index (χ0v) is 27.5. The first-order valence-electron chi connectivity index (χ1n) is 14.2. The van der Waals surface area contributed by atoms with Gasteiger partial charge in [-0.3, -0.25) is 28.9 Å². The quantitative estimate of drug-likeness (QED) is 0.0998. The fourth-order valence-corrected chi connectivity index (χ4v) is 9.78. The van der Waals surface area contributed by atoms with Gasteiger partial charge in [0.2, 0.25) is 0 Å². The lowest BCUT2D eigenvalue weighted by Gasteiger charge is -2.02. The van der Waals surface area contributed by atoms with E-state index in [0.29, 0.717) is 10.0 Å². The molecule has 13 heteroatoms. The van der Waals surface area contributed by atoms with Gasteiger partial charge in [0, 0.05) is 32.3 Å². The van der Waals surface area contributed by atoms with Crippen molar-refractivity contribution in [3.05, 3.63) is 113 Å². The number of nitriles is 2. The van der Waals surface area contributed by atoms with Gasteiger partial charge in [-0.2, -0.15) is 10.5 Å². The molecule has 0 radical (unpaired) electrons. The number of thiophene rings is 1. The largest absolute Gasteiger partial charge is 0.288 e. The van der Waals surface area contributed by atoms with Gasteiger partial charge in [0.25, 0.3) is 0 Å². The lowest BCUT2D eigenvalue weighted by atomic mass is 10.0. The molecule has 228 valence electrons. The Hall–Kier alpha value is -6.48. The van der Waals surface area contributed by atoms with Gasteiger partial charge in [-0.15, -0.1) is 34.0 Å². The standard InChI is InChI=1S/C36H12N6O4S3/c1-13-27-33(49-36-35(27)48-26(42-36)10-22-29(43)17-5-15(11-37)16(12-38)6-18(17)30(22)44)14(2)28-34(13)47-25(41-28)9-21-31(45)19-7-23(39-3)24(40-4)8-20(19)32(21)46/h5-10H,1-2H3. The van der Waals surface area contributed by atoms with Crippen molar-refractivity contribution >= 4 is 111 Å². The Balaban J connectivity index is 1.20. The number of ketones is 4. The Morgan fingerprint density at radius 1 is 0.653 bits per heavy atom. The molecule has 49 heavy (non-hydrogen) atoms. The average Bonchev–Trinajstić information content (AvgIpc) is 3.89. The van der Waals surface area contributed by atoms with E-state index >= 15 is 0 Å². The minimum Gasteiger partial charge on any atom is -0.288 e. The Morgan fingerprint density at radius 2 is 1.12 bits per heavy atom. The molecular weight excluding hydrogens is 677 g/mol. The maximum Gasteiger partial charge on any atom is 0.197 e. The fourth-order valence-electron chi connectivity index (χ4n) is 6.18. The van der Waals surface area contributed by atoms with Crippen LogP contribution in [0.5, 0.6) is 0 Å². The van der Waals surface area contributed by atoms with Crippen molar-refractivity contribution in [1.29, 1.82) is 10.5 Å². The minimum atomic E-state index is -0.523. The highest BCUT2D eigenvalue weighted by Crippen LogP contribution is 2.46. The number of hydrogen-bond acceptors (Lipinski definition) is 11. The van der Waals surface area contributed by atoms with Crippen LogP contribution >= 0.6 is 34.0 Å². The smallest absolute Gasteiger partial charge is 0.197 e. The van der Waals surface area contributed by atoms with Crippen LogP contribution < -0.4 is 0 Å². The highest BCUT2D eigenvalue weighted by Gasteiger charge is 2.36. The van der Waals surface area contributed by atoms with Crippen LogP contribution in [0, 0.1) is 49.7 Å². The molecule has 0 N–H and O–H groups in total. The molecule has 0 saturated heterocycles. The molecule has 6 aromatic rings. The van der Waals surface area contributed by atoms with Crippen molar-refractivity contribution < 1.29 is 19.2 Å². The van der Waals surface area contributed by atoms with Crippen LogP contribution in [0.1, 0.15) is 73.7 Å². The Morgan fingerprint density at radius 3 is 1.61 bits per heavy atom. The number of aryl methyl sites for hydroxylation is 2. The number of hydrogen-bond donors (Lipinski definition) is 0. The summed E-state index contributed by atoms with van der Waals surface area (Å²) < 4.78 is 2.71. The SMILES string of the molecule is [C-]#[N+]c1cc2c(cc1[N+]#[C-])C(=O)C(=Cc1nc3c(C)c4sc5nc(C=C6C(=O)c7cc(C#N)c(C#N)cc7C6=O)sc5c4c(C)c3s1)C2=O. The van der Waals surface area contributed by atoms with Gasteiger partial charge in [-0.25, -0.2) is 9.97 Å². The van der Waals surface area contributed by atoms with E-state index in [1.54, 1.807) is 0 Å². The molecule has 2 aliphatic rings. The maximum atomic E-state index is 13.2. The number of benzene rings is 3. The van der Waals surface area contributed by atoms with E-state index in [0.717, 1.165) is 41.0 Å². The summed E-state index contributed by atoms with van der Waals surface area (Å²) in [6, 6.07) is 8.96. The van der Waals surface area contributed by atoms with Crippen molar-refractivity contribution in [2.75, 3.05) is 0 Å². The summed E-state index contributed by atoms with van der Waals surface area (Å²) in [6.45, 7) is 18.6. The summed E-state index contributed by atoms with van der Waals surface area (Å²) in [5.74, 6) is -2.07. The predicted molar refractivity (Wildman–Crippen MR) is 186 cm³/mol. The molecule has 0 amide bonds. The molecule has 0 aliphatic heterocycles. The van der Waals surface area contributed by atoms with Gasteiger partial charge in [0.15, 0.2) is 34.5 Å². The monoisotopic (exact) mass is 688 g/mol. The second-order valence-corrected chi connectivity index (χ2v) is 14.2. The summed E-state index contributed by atoms with van der Waals surface area (Å²) >= 11 is 4.13. The molecule has 0 unspecified atom stereocenters. The molecule has 0 fully saturated rings. The van der Waals surface area contributed by atoms with Crippen molar-refractivity contribution in [3.63, 3.8) is 0 Å². The van der Waals surface area contributed by atoms with Crippen LogP contribution in [0.4, 0.5) is 11.4 Å². The number of carbonyl (C=O) groups is 4. The first-order chi connectivity index (χ1) is 23.6. The van der Waals surface area contributed by atoms with E-state index in [4.69, 9.17) is 23.1 Å². The number of nitrogens with zero attached hydrogens (tertiary/aromatic N) is 6. The van der Waals surface area contributed by atoms with E-state index in [1.807, 2.05) is 26.0 Å². The number of Topliss-reactive ketones (excluding diaryl/α,β-unsaturated/α-hetero) is 4. The summed E-state index contributed by atoms with van der Waals surface area (Å²) in [4.78, 5) is 69.8. The molecular formula is C36H12N6O4S3. The first-order valence-corrected chi connectivity index (χ1v) is 16.7. The number of allylic oxidation sites excluding steroid dienone is 2. The van der Waals surface area contributed by atoms with Gasteiger partial charge < -0.3 is 0 Å². The Kier molecular flexibility index (Phi) is 6.41. The van der Waals surface area contributed by atoms with E-state index in [9.17, 15) is 29.7 Å². The van der Waals surface area contributed by atoms with Gasteiger partial charge >= 0.3 is 0 Å². The fraction of sp³-hybridized carbons (Fsp3) is 0.0556. The van der Waals surface area contributed by atoms with E-state index in [2.05, 4.69) is 9.69 Å². The van der Waals surface area contributed by atoms with Crippen LogP contribution in [-0.2, 0) is 0 Å². The highest BCUT2D eigenvalue weighted by atomic mass is 32.1. The third kappa shape index (κ3) is 4.12. The summed E-state index contributed by atoms with van der Waals surface area (Å²) in [7, 11) is 0. The molecule has 3 aromatic carbocycles. The topological polar surface area (TPSA) is 150 Å². The number of thiazole rings is 2. The number of carbonyl (C=O) groups excluding carboxylic acids is 4. The van der Waals surface area contributed by atoms with Crippen molar-refractivity contribution in [3.8, 4) is 12.1 Å². The van der Waals surface area contributed by atoms with Crippen LogP contribution in [0.2, 0.25) is 0 Å². The first kappa shape index (κ1) is 29.9. The third-order valence-corrected chi connectivity index (χ3v) is 12.0. The lowest BCUT2D eigenvalue weighted by molar-refractivity contribution is 0.0975. The third-order valence-electron chi connectivity index (χ3n) is 8.57. The van der Waals surface area contributed by atoms with Gasteiger partial charge in [0.1, 0.15) is 27.0 Å². The van der Waals surface area contributed by atoms with E-state index < -0.39 is 23.1 Å². The normalized spacial score (nSPS) is 13.5. The Labute approximate surface area is 287 Å². The highest BCUT2D eigenvalue weighted by molar-refractivity contribution is 7.32. The van der Waals surface area contributed by atoms with Crippen molar-refractivity contribution in [2.24, 2.45) is 0 Å². The molecule has 0 bridgehead atoms. The zero-order chi connectivity index (χ0) is 34.5. The van der Waals surface area contributed by atoms with Crippen LogP contribution in [0.3, 0.4) is 0 Å². The van der Waals surface area contributed by atoms with Gasteiger partial charge in [-0.1, -0.05) is 12.1 Å². The van der Waals surface area contributed by atoms with Crippen molar-refractivity contribution in [1.82, 2.24) is 9.97 Å². The van der Waals surface area contributed by atoms with Crippen LogP contribution in [0.25, 0.3) is 51.7 Å². The van der Waals surface area contributed by atoms with E-state index in [-0.39, 0.29) is 55.9 Å². The molecule has 3 aromatic heterocycles. The molecule has 0 atom stereocenters. The Bertz CT molecular complexity index is 2820. The predicted octanol–water partition coefficient (Wildman–Crippen LogP) is 8.51. The maximum absolute atomic E-state index is 13.2. The lowest BCUT2D eigenvalue weighted by Crippen LogP contribution is -2.00. The second-order valence-electron chi connectivity index (χ2n) is 11.2. The summed E-state index contributed by atoms with van der Waals surface area (Å²) in [5.41, 5.74) is 2.89. The number of fused-ring (bicyclic) bond motifs is 6. The van der Waals surface area contributed by atoms with Gasteiger partial charge in [0.05, 0.1) is 50.3 Å². The van der Waals surface area contributed by atoms with E-state index in [1.165, 1.54) is 70.4 Å². The zero-order valence-electron chi connectivity index (χ0n) is 25.0. The molecule has 8 rings (SSSR count). The molecule has 2 aliphatic carbocycles. The van der Waals surface area contributed by atoms with Gasteiger partial charge in [-0.05, 0) is 49.3 Å². The molecule has 3 heterocycles. The van der Waals surface area contributed by atoms with Crippen molar-refractivity contribution in [2.45, 2.75) is 13.8 Å².